The van der Waals surface area contributed by atoms with E-state index in [1.54, 1.807) is 0 Å². The largest absolute Gasteiger partial charge is 0.481 e. The third-order valence-corrected chi connectivity index (χ3v) is 5.31. The zero-order valence-corrected chi connectivity index (χ0v) is 11.2. The van der Waals surface area contributed by atoms with Gasteiger partial charge in [0, 0.05) is 5.02 Å². The molecule has 1 aromatic carbocycles. The number of hydrogen-bond donors (Lipinski definition) is 1. The van der Waals surface area contributed by atoms with E-state index in [1.807, 2.05) is 0 Å². The molecule has 4 nitrogen and oxygen atoms in total. The second-order valence-electron chi connectivity index (χ2n) is 4.61. The summed E-state index contributed by atoms with van der Waals surface area (Å²) >= 11 is 5.69. The molecular weight excluding hydrogens is 276 g/mol. The van der Waals surface area contributed by atoms with Gasteiger partial charge in [-0.15, -0.1) is 0 Å². The van der Waals surface area contributed by atoms with Gasteiger partial charge in [0.05, 0.1) is 16.1 Å². The molecule has 0 aliphatic heterocycles. The Morgan fingerprint density at radius 3 is 2.28 bits per heavy atom. The van der Waals surface area contributed by atoms with Crippen LogP contribution in [-0.2, 0) is 14.6 Å². The Bertz CT molecular complexity index is 558. The maximum absolute atomic E-state index is 12.0. The Morgan fingerprint density at radius 2 is 1.83 bits per heavy atom. The van der Waals surface area contributed by atoms with E-state index in [4.69, 9.17) is 16.7 Å². The minimum atomic E-state index is -3.43. The average Bonchev–Trinajstić information content (AvgIpc) is 3.08. The normalized spacial score (nSPS) is 17.4. The fourth-order valence-electron chi connectivity index (χ4n) is 1.81. The number of rotatable bonds is 5. The molecule has 1 aromatic rings. The van der Waals surface area contributed by atoms with Crippen molar-refractivity contribution in [3.05, 3.63) is 29.3 Å². The van der Waals surface area contributed by atoms with Crippen molar-refractivity contribution in [1.29, 1.82) is 0 Å². The molecule has 0 spiro atoms. The van der Waals surface area contributed by atoms with Gasteiger partial charge in [0.2, 0.25) is 0 Å². The third-order valence-electron chi connectivity index (χ3n) is 3.33. The fraction of sp³-hybridized carbons (Fsp3) is 0.417. The number of carboxylic acids is 1. The van der Waals surface area contributed by atoms with Crippen molar-refractivity contribution in [2.75, 3.05) is 5.75 Å². The number of benzene rings is 1. The van der Waals surface area contributed by atoms with Gasteiger partial charge in [0.25, 0.3) is 0 Å². The van der Waals surface area contributed by atoms with Gasteiger partial charge in [-0.2, -0.15) is 0 Å². The van der Waals surface area contributed by atoms with Crippen molar-refractivity contribution < 1.29 is 18.3 Å². The standard InChI is InChI=1S/C12H13ClO4S/c13-9-1-3-10(4-2-9)18(16,17)8-7-12(5-6-12)11(14)15/h1-4H,5-8H2,(H,14,15). The lowest BCUT2D eigenvalue weighted by Gasteiger charge is -2.09. The van der Waals surface area contributed by atoms with E-state index in [2.05, 4.69) is 0 Å². The SMILES string of the molecule is O=C(O)C1(CCS(=O)(=O)c2ccc(Cl)cc2)CC1. The first-order chi connectivity index (χ1) is 8.36. The number of carboxylic acid groups (broad SMARTS) is 1. The molecule has 0 atom stereocenters. The highest BCUT2D eigenvalue weighted by atomic mass is 35.5. The van der Waals surface area contributed by atoms with Crippen molar-refractivity contribution >= 4 is 27.4 Å². The monoisotopic (exact) mass is 288 g/mol. The van der Waals surface area contributed by atoms with Gasteiger partial charge in [0.1, 0.15) is 0 Å². The van der Waals surface area contributed by atoms with Crippen LogP contribution in [0.3, 0.4) is 0 Å². The molecule has 2 rings (SSSR count). The predicted octanol–water partition coefficient (Wildman–Crippen LogP) is 2.37. The number of carbonyl (C=O) groups is 1. The molecule has 18 heavy (non-hydrogen) atoms. The Hall–Kier alpha value is -1.07. The molecule has 0 aromatic heterocycles. The molecule has 1 fully saturated rings. The number of halogens is 1. The summed E-state index contributed by atoms with van der Waals surface area (Å²) < 4.78 is 24.0. The maximum Gasteiger partial charge on any atom is 0.309 e. The molecule has 1 N–H and O–H groups in total. The van der Waals surface area contributed by atoms with Crippen LogP contribution in [0.1, 0.15) is 19.3 Å². The van der Waals surface area contributed by atoms with Crippen molar-refractivity contribution in [1.82, 2.24) is 0 Å². The van der Waals surface area contributed by atoms with Crippen LogP contribution in [0.4, 0.5) is 0 Å². The van der Waals surface area contributed by atoms with Gasteiger partial charge >= 0.3 is 5.97 Å². The average molecular weight is 289 g/mol. The summed E-state index contributed by atoms with van der Waals surface area (Å²) in [6, 6.07) is 5.91. The molecule has 1 aliphatic rings. The first kappa shape index (κ1) is 13.4. The van der Waals surface area contributed by atoms with Crippen LogP contribution in [0.2, 0.25) is 5.02 Å². The van der Waals surface area contributed by atoms with Crippen molar-refractivity contribution in [3.8, 4) is 0 Å². The number of hydrogen-bond acceptors (Lipinski definition) is 3. The summed E-state index contributed by atoms with van der Waals surface area (Å²) in [6.45, 7) is 0. The lowest BCUT2D eigenvalue weighted by Crippen LogP contribution is -2.19. The summed E-state index contributed by atoms with van der Waals surface area (Å²) in [5.74, 6) is -1.03. The van der Waals surface area contributed by atoms with E-state index in [0.29, 0.717) is 17.9 Å². The summed E-state index contributed by atoms with van der Waals surface area (Å²) in [6.07, 6.45) is 1.31. The molecular formula is C12H13ClO4S. The molecule has 0 amide bonds. The number of aliphatic carboxylic acids is 1. The van der Waals surface area contributed by atoms with E-state index in [-0.39, 0.29) is 17.1 Å². The number of sulfone groups is 1. The molecule has 0 bridgehead atoms. The van der Waals surface area contributed by atoms with Gasteiger partial charge < -0.3 is 5.11 Å². The Kier molecular flexibility index (Phi) is 3.38. The molecule has 0 heterocycles. The topological polar surface area (TPSA) is 71.4 Å². The van der Waals surface area contributed by atoms with Gasteiger partial charge in [-0.3, -0.25) is 4.79 Å². The highest BCUT2D eigenvalue weighted by molar-refractivity contribution is 7.91. The third kappa shape index (κ3) is 2.67. The quantitative estimate of drug-likeness (QED) is 0.903. The van der Waals surface area contributed by atoms with Crippen LogP contribution in [0, 0.1) is 5.41 Å². The maximum atomic E-state index is 12.0. The molecule has 0 saturated heterocycles. The molecule has 1 aliphatic carbocycles. The minimum Gasteiger partial charge on any atom is -0.481 e. The molecule has 98 valence electrons. The second kappa shape index (κ2) is 4.55. The Balaban J connectivity index is 2.09. The zero-order chi connectivity index (χ0) is 13.4. The lowest BCUT2D eigenvalue weighted by atomic mass is 10.1. The van der Waals surface area contributed by atoms with E-state index in [9.17, 15) is 13.2 Å². The summed E-state index contributed by atoms with van der Waals surface area (Å²) in [7, 11) is -3.43. The lowest BCUT2D eigenvalue weighted by molar-refractivity contribution is -0.143. The van der Waals surface area contributed by atoms with Crippen LogP contribution >= 0.6 is 11.6 Å². The van der Waals surface area contributed by atoms with E-state index in [0.717, 1.165) is 0 Å². The molecule has 0 unspecified atom stereocenters. The van der Waals surface area contributed by atoms with Crippen LogP contribution < -0.4 is 0 Å². The Labute approximate surface area is 110 Å². The minimum absolute atomic E-state index is 0.138. The molecule has 1 saturated carbocycles. The van der Waals surface area contributed by atoms with Crippen LogP contribution in [-0.4, -0.2) is 25.2 Å². The van der Waals surface area contributed by atoms with E-state index < -0.39 is 21.2 Å². The Morgan fingerprint density at radius 1 is 1.28 bits per heavy atom. The summed E-state index contributed by atoms with van der Waals surface area (Å²) in [5.41, 5.74) is -0.806. The van der Waals surface area contributed by atoms with Gasteiger partial charge in [-0.25, -0.2) is 8.42 Å². The van der Waals surface area contributed by atoms with Crippen molar-refractivity contribution in [3.63, 3.8) is 0 Å². The highest BCUT2D eigenvalue weighted by Gasteiger charge is 2.50. The van der Waals surface area contributed by atoms with Crippen LogP contribution in [0.15, 0.2) is 29.2 Å². The van der Waals surface area contributed by atoms with Gasteiger partial charge in [0.15, 0.2) is 9.84 Å². The van der Waals surface area contributed by atoms with Crippen molar-refractivity contribution in [2.45, 2.75) is 24.2 Å². The molecule has 0 radical (unpaired) electrons. The van der Waals surface area contributed by atoms with Crippen LogP contribution in [0.25, 0.3) is 0 Å². The van der Waals surface area contributed by atoms with Crippen LogP contribution in [0.5, 0.6) is 0 Å². The van der Waals surface area contributed by atoms with Crippen molar-refractivity contribution in [2.24, 2.45) is 5.41 Å². The van der Waals surface area contributed by atoms with Gasteiger partial charge in [-0.1, -0.05) is 11.6 Å². The van der Waals surface area contributed by atoms with E-state index >= 15 is 0 Å². The highest BCUT2D eigenvalue weighted by Crippen LogP contribution is 2.49. The smallest absolute Gasteiger partial charge is 0.309 e. The predicted molar refractivity (Wildman–Crippen MR) is 67.4 cm³/mol. The van der Waals surface area contributed by atoms with Gasteiger partial charge in [-0.05, 0) is 43.5 Å². The summed E-state index contributed by atoms with van der Waals surface area (Å²) in [5, 5.41) is 9.47. The first-order valence-corrected chi connectivity index (χ1v) is 7.61. The fourth-order valence-corrected chi connectivity index (χ4v) is 3.38. The first-order valence-electron chi connectivity index (χ1n) is 5.57. The zero-order valence-electron chi connectivity index (χ0n) is 9.60. The van der Waals surface area contributed by atoms with E-state index in [1.165, 1.54) is 24.3 Å². The molecule has 6 heteroatoms. The summed E-state index contributed by atoms with van der Waals surface area (Å²) in [4.78, 5) is 11.2. The second-order valence-corrected chi connectivity index (χ2v) is 7.15.